The molecule has 0 N–H and O–H groups in total. The Labute approximate surface area is 122 Å². The van der Waals surface area contributed by atoms with Crippen LogP contribution in [0.3, 0.4) is 0 Å². The van der Waals surface area contributed by atoms with Crippen molar-refractivity contribution in [2.75, 3.05) is 0 Å². The molecule has 0 heterocycles. The standard InChI is InChI=1S/C14H9Br2NO/c15-12-3-1-10(2-4-12)9-18-14-6-5-13(16)7-11(14)8-17/h1-7H,9H2. The third-order valence-electron chi connectivity index (χ3n) is 2.37. The van der Waals surface area contributed by atoms with Crippen LogP contribution in [0.2, 0.25) is 0 Å². The number of rotatable bonds is 3. The Morgan fingerprint density at radius 3 is 2.33 bits per heavy atom. The van der Waals surface area contributed by atoms with Gasteiger partial charge in [0.05, 0.1) is 5.56 Å². The minimum atomic E-state index is 0.448. The highest BCUT2D eigenvalue weighted by atomic mass is 79.9. The molecule has 0 aliphatic heterocycles. The van der Waals surface area contributed by atoms with Crippen molar-refractivity contribution in [3.05, 3.63) is 62.5 Å². The van der Waals surface area contributed by atoms with E-state index in [9.17, 15) is 0 Å². The summed E-state index contributed by atoms with van der Waals surface area (Å²) in [6.45, 7) is 0.448. The van der Waals surface area contributed by atoms with Crippen LogP contribution in [0.5, 0.6) is 5.75 Å². The topological polar surface area (TPSA) is 33.0 Å². The fourth-order valence-electron chi connectivity index (χ4n) is 1.46. The number of halogens is 2. The molecular formula is C14H9Br2NO. The molecule has 2 rings (SSSR count). The van der Waals surface area contributed by atoms with Gasteiger partial charge in [-0.1, -0.05) is 44.0 Å². The van der Waals surface area contributed by atoms with E-state index in [0.717, 1.165) is 14.5 Å². The van der Waals surface area contributed by atoms with E-state index in [1.165, 1.54) is 0 Å². The maximum atomic E-state index is 9.02. The molecule has 2 nitrogen and oxygen atoms in total. The van der Waals surface area contributed by atoms with E-state index in [2.05, 4.69) is 37.9 Å². The van der Waals surface area contributed by atoms with Gasteiger partial charge in [0.2, 0.25) is 0 Å². The number of nitriles is 1. The molecule has 0 amide bonds. The summed E-state index contributed by atoms with van der Waals surface area (Å²) in [5.41, 5.74) is 1.59. The second kappa shape index (κ2) is 6.03. The molecule has 0 atom stereocenters. The van der Waals surface area contributed by atoms with Crippen molar-refractivity contribution in [3.63, 3.8) is 0 Å². The zero-order chi connectivity index (χ0) is 13.0. The van der Waals surface area contributed by atoms with Crippen molar-refractivity contribution in [2.45, 2.75) is 6.61 Å². The number of hydrogen-bond acceptors (Lipinski definition) is 2. The number of nitrogens with zero attached hydrogens (tertiary/aromatic N) is 1. The first-order chi connectivity index (χ1) is 8.69. The van der Waals surface area contributed by atoms with Crippen LogP contribution in [0.25, 0.3) is 0 Å². The van der Waals surface area contributed by atoms with Crippen LogP contribution >= 0.6 is 31.9 Å². The maximum Gasteiger partial charge on any atom is 0.137 e. The van der Waals surface area contributed by atoms with Gasteiger partial charge in [-0.25, -0.2) is 0 Å². The van der Waals surface area contributed by atoms with Crippen molar-refractivity contribution in [1.82, 2.24) is 0 Å². The molecule has 0 saturated carbocycles. The highest BCUT2D eigenvalue weighted by molar-refractivity contribution is 9.10. The summed E-state index contributed by atoms with van der Waals surface area (Å²) in [6, 6.07) is 15.4. The van der Waals surface area contributed by atoms with E-state index in [1.54, 1.807) is 12.1 Å². The van der Waals surface area contributed by atoms with Gasteiger partial charge in [-0.05, 0) is 35.9 Å². The van der Waals surface area contributed by atoms with Gasteiger partial charge in [0.25, 0.3) is 0 Å². The smallest absolute Gasteiger partial charge is 0.137 e. The first-order valence-corrected chi connectivity index (χ1v) is 6.84. The van der Waals surface area contributed by atoms with Gasteiger partial charge in [-0.3, -0.25) is 0 Å². The third kappa shape index (κ3) is 3.34. The number of hydrogen-bond donors (Lipinski definition) is 0. The average molecular weight is 367 g/mol. The van der Waals surface area contributed by atoms with Crippen molar-refractivity contribution in [1.29, 1.82) is 5.26 Å². The SMILES string of the molecule is N#Cc1cc(Br)ccc1OCc1ccc(Br)cc1. The zero-order valence-electron chi connectivity index (χ0n) is 9.36. The molecule has 18 heavy (non-hydrogen) atoms. The van der Waals surface area contributed by atoms with Gasteiger partial charge in [0.15, 0.2) is 0 Å². The highest BCUT2D eigenvalue weighted by Crippen LogP contribution is 2.23. The molecule has 0 bridgehead atoms. The summed E-state index contributed by atoms with van der Waals surface area (Å²) in [5.74, 6) is 0.601. The predicted molar refractivity (Wildman–Crippen MR) is 77.3 cm³/mol. The molecule has 0 aromatic heterocycles. The lowest BCUT2D eigenvalue weighted by Gasteiger charge is -2.08. The monoisotopic (exact) mass is 365 g/mol. The first kappa shape index (κ1) is 13.1. The fraction of sp³-hybridized carbons (Fsp3) is 0.0714. The molecule has 0 aliphatic rings. The Kier molecular flexibility index (Phi) is 4.40. The lowest BCUT2D eigenvalue weighted by Crippen LogP contribution is -1.97. The van der Waals surface area contributed by atoms with E-state index in [1.807, 2.05) is 30.3 Å². The van der Waals surface area contributed by atoms with E-state index >= 15 is 0 Å². The van der Waals surface area contributed by atoms with Gasteiger partial charge in [-0.2, -0.15) is 5.26 Å². The van der Waals surface area contributed by atoms with E-state index in [0.29, 0.717) is 17.9 Å². The molecule has 0 radical (unpaired) electrons. The minimum Gasteiger partial charge on any atom is -0.488 e. The van der Waals surface area contributed by atoms with Crippen molar-refractivity contribution in [3.8, 4) is 11.8 Å². The second-order valence-electron chi connectivity index (χ2n) is 3.67. The Balaban J connectivity index is 2.11. The maximum absolute atomic E-state index is 9.02. The van der Waals surface area contributed by atoms with E-state index in [4.69, 9.17) is 10.00 Å². The third-order valence-corrected chi connectivity index (χ3v) is 3.39. The van der Waals surface area contributed by atoms with Crippen LogP contribution in [0, 0.1) is 11.3 Å². The van der Waals surface area contributed by atoms with Gasteiger partial charge >= 0.3 is 0 Å². The lowest BCUT2D eigenvalue weighted by molar-refractivity contribution is 0.305. The highest BCUT2D eigenvalue weighted by Gasteiger charge is 2.04. The molecule has 0 spiro atoms. The van der Waals surface area contributed by atoms with Crippen LogP contribution in [0.15, 0.2) is 51.4 Å². The summed E-state index contributed by atoms with van der Waals surface area (Å²) < 4.78 is 7.56. The predicted octanol–water partition coefficient (Wildman–Crippen LogP) is 4.66. The molecule has 0 saturated heterocycles. The molecule has 2 aromatic rings. The lowest BCUT2D eigenvalue weighted by atomic mass is 10.2. The summed E-state index contributed by atoms with van der Waals surface area (Å²) in [7, 11) is 0. The fourth-order valence-corrected chi connectivity index (χ4v) is 2.08. The molecule has 4 heteroatoms. The summed E-state index contributed by atoms with van der Waals surface area (Å²) >= 11 is 6.71. The van der Waals surface area contributed by atoms with Crippen LogP contribution < -0.4 is 4.74 Å². The van der Waals surface area contributed by atoms with Crippen LogP contribution in [0.4, 0.5) is 0 Å². The average Bonchev–Trinajstić information content (AvgIpc) is 2.39. The molecule has 2 aromatic carbocycles. The van der Waals surface area contributed by atoms with E-state index < -0.39 is 0 Å². The molecule has 0 fully saturated rings. The summed E-state index contributed by atoms with van der Waals surface area (Å²) in [4.78, 5) is 0. The first-order valence-electron chi connectivity index (χ1n) is 5.26. The molecule has 0 aliphatic carbocycles. The Morgan fingerprint density at radius 1 is 1.00 bits per heavy atom. The molecular weight excluding hydrogens is 358 g/mol. The second-order valence-corrected chi connectivity index (χ2v) is 5.50. The quantitative estimate of drug-likeness (QED) is 0.791. The largest absolute Gasteiger partial charge is 0.488 e. The van der Waals surface area contributed by atoms with Gasteiger partial charge < -0.3 is 4.74 Å². The van der Waals surface area contributed by atoms with Crippen LogP contribution in [-0.2, 0) is 6.61 Å². The number of benzene rings is 2. The Hall–Kier alpha value is -1.31. The normalized spacial score (nSPS) is 9.83. The summed E-state index contributed by atoms with van der Waals surface area (Å²) in [6.07, 6.45) is 0. The molecule has 0 unspecified atom stereocenters. The van der Waals surface area contributed by atoms with Gasteiger partial charge in [-0.15, -0.1) is 0 Å². The Morgan fingerprint density at radius 2 is 1.67 bits per heavy atom. The minimum absolute atomic E-state index is 0.448. The number of ether oxygens (including phenoxy) is 1. The van der Waals surface area contributed by atoms with Crippen molar-refractivity contribution in [2.24, 2.45) is 0 Å². The Bertz CT molecular complexity index is 588. The van der Waals surface area contributed by atoms with Gasteiger partial charge in [0, 0.05) is 8.95 Å². The zero-order valence-corrected chi connectivity index (χ0v) is 12.5. The van der Waals surface area contributed by atoms with Crippen LogP contribution in [0.1, 0.15) is 11.1 Å². The summed E-state index contributed by atoms with van der Waals surface area (Å²) in [5, 5.41) is 9.02. The molecule has 90 valence electrons. The van der Waals surface area contributed by atoms with Crippen molar-refractivity contribution < 1.29 is 4.74 Å². The van der Waals surface area contributed by atoms with Crippen LogP contribution in [-0.4, -0.2) is 0 Å². The van der Waals surface area contributed by atoms with Crippen molar-refractivity contribution >= 4 is 31.9 Å². The van der Waals surface area contributed by atoms with Gasteiger partial charge in [0.1, 0.15) is 18.4 Å². The van der Waals surface area contributed by atoms with E-state index in [-0.39, 0.29) is 0 Å².